The minimum absolute atomic E-state index is 0.519. The highest BCUT2D eigenvalue weighted by molar-refractivity contribution is 5.16. The van der Waals surface area contributed by atoms with Crippen LogP contribution >= 0.6 is 0 Å². The maximum atomic E-state index is 4.54. The first-order valence-electron chi connectivity index (χ1n) is 7.01. The first kappa shape index (κ1) is 13.5. The van der Waals surface area contributed by atoms with Crippen molar-refractivity contribution in [3.8, 4) is 0 Å². The molecule has 1 aliphatic rings. The zero-order valence-electron chi connectivity index (χ0n) is 11.9. The van der Waals surface area contributed by atoms with Crippen LogP contribution in [0.15, 0.2) is 18.3 Å². The lowest BCUT2D eigenvalue weighted by Gasteiger charge is -2.20. The van der Waals surface area contributed by atoms with Gasteiger partial charge in [0.15, 0.2) is 0 Å². The van der Waals surface area contributed by atoms with E-state index in [9.17, 15) is 0 Å². The van der Waals surface area contributed by atoms with Gasteiger partial charge in [0.25, 0.3) is 0 Å². The molecule has 3 heteroatoms. The predicted molar refractivity (Wildman–Crippen MR) is 75.7 cm³/mol. The summed E-state index contributed by atoms with van der Waals surface area (Å²) in [7, 11) is 2.21. The maximum absolute atomic E-state index is 4.54. The summed E-state index contributed by atoms with van der Waals surface area (Å²) in [6.45, 7) is 10.2. The standard InChI is InChI=1S/C15H25N3/c1-13(2)15-6-5-14(11-16-15)12-18-8-4-7-17(3)9-10-18/h5-6,11,13H,4,7-10,12H2,1-3H3. The van der Waals surface area contributed by atoms with E-state index in [4.69, 9.17) is 0 Å². The maximum Gasteiger partial charge on any atom is 0.0429 e. The van der Waals surface area contributed by atoms with Crippen LogP contribution in [-0.2, 0) is 6.54 Å². The molecule has 0 unspecified atom stereocenters. The number of nitrogens with zero attached hydrogens (tertiary/aromatic N) is 3. The number of pyridine rings is 1. The molecule has 1 fully saturated rings. The van der Waals surface area contributed by atoms with Gasteiger partial charge in [-0.3, -0.25) is 9.88 Å². The van der Waals surface area contributed by atoms with Gasteiger partial charge in [0.05, 0.1) is 0 Å². The number of likely N-dealkylation sites (N-methyl/N-ethyl adjacent to an activating group) is 1. The Morgan fingerprint density at radius 3 is 2.67 bits per heavy atom. The third-order valence-corrected chi connectivity index (χ3v) is 3.66. The largest absolute Gasteiger partial charge is 0.305 e. The molecule has 1 aliphatic heterocycles. The van der Waals surface area contributed by atoms with Crippen LogP contribution in [-0.4, -0.2) is 48.0 Å². The van der Waals surface area contributed by atoms with Gasteiger partial charge in [-0.25, -0.2) is 0 Å². The molecule has 0 atom stereocenters. The van der Waals surface area contributed by atoms with Crippen molar-refractivity contribution in [3.05, 3.63) is 29.6 Å². The van der Waals surface area contributed by atoms with Crippen LogP contribution in [0, 0.1) is 0 Å². The van der Waals surface area contributed by atoms with Gasteiger partial charge in [-0.1, -0.05) is 19.9 Å². The first-order valence-corrected chi connectivity index (χ1v) is 7.01. The van der Waals surface area contributed by atoms with E-state index in [1.807, 2.05) is 6.20 Å². The molecule has 0 aromatic carbocycles. The molecule has 0 spiro atoms. The van der Waals surface area contributed by atoms with Gasteiger partial charge >= 0.3 is 0 Å². The molecule has 2 rings (SSSR count). The molecule has 0 amide bonds. The Morgan fingerprint density at radius 2 is 2.00 bits per heavy atom. The van der Waals surface area contributed by atoms with Crippen molar-refractivity contribution in [2.45, 2.75) is 32.7 Å². The van der Waals surface area contributed by atoms with Crippen LogP contribution < -0.4 is 0 Å². The van der Waals surface area contributed by atoms with E-state index in [1.54, 1.807) is 0 Å². The van der Waals surface area contributed by atoms with Crippen molar-refractivity contribution >= 4 is 0 Å². The molecular formula is C15H25N3. The molecule has 2 heterocycles. The van der Waals surface area contributed by atoms with Gasteiger partial charge in [-0.15, -0.1) is 0 Å². The average Bonchev–Trinajstić information content (AvgIpc) is 2.55. The molecule has 18 heavy (non-hydrogen) atoms. The second-order valence-corrected chi connectivity index (χ2v) is 5.68. The Hall–Kier alpha value is -0.930. The van der Waals surface area contributed by atoms with E-state index in [1.165, 1.54) is 43.9 Å². The van der Waals surface area contributed by atoms with E-state index in [0.717, 1.165) is 6.54 Å². The Bertz CT molecular complexity index is 359. The Labute approximate surface area is 111 Å². The predicted octanol–water partition coefficient (Wildman–Crippen LogP) is 2.34. The highest BCUT2D eigenvalue weighted by Gasteiger charge is 2.12. The molecule has 0 bridgehead atoms. The summed E-state index contributed by atoms with van der Waals surface area (Å²) in [6, 6.07) is 4.40. The summed E-state index contributed by atoms with van der Waals surface area (Å²) in [5.41, 5.74) is 2.53. The van der Waals surface area contributed by atoms with Crippen molar-refractivity contribution in [3.63, 3.8) is 0 Å². The molecule has 0 aliphatic carbocycles. The van der Waals surface area contributed by atoms with Gasteiger partial charge in [0.1, 0.15) is 0 Å². The van der Waals surface area contributed by atoms with Crippen LogP contribution in [0.4, 0.5) is 0 Å². The minimum atomic E-state index is 0.519. The number of hydrogen-bond donors (Lipinski definition) is 0. The first-order chi connectivity index (χ1) is 8.65. The van der Waals surface area contributed by atoms with Crippen LogP contribution in [0.5, 0.6) is 0 Å². The second kappa shape index (κ2) is 6.30. The third kappa shape index (κ3) is 3.79. The average molecular weight is 247 g/mol. The van der Waals surface area contributed by atoms with Gasteiger partial charge in [0.2, 0.25) is 0 Å². The summed E-state index contributed by atoms with van der Waals surface area (Å²) < 4.78 is 0. The quantitative estimate of drug-likeness (QED) is 0.817. The molecule has 1 saturated heterocycles. The zero-order chi connectivity index (χ0) is 13.0. The molecular weight excluding hydrogens is 222 g/mol. The lowest BCUT2D eigenvalue weighted by Crippen LogP contribution is -2.28. The summed E-state index contributed by atoms with van der Waals surface area (Å²) in [6.07, 6.45) is 3.32. The van der Waals surface area contributed by atoms with Crippen molar-refractivity contribution in [2.75, 3.05) is 33.2 Å². The highest BCUT2D eigenvalue weighted by Crippen LogP contribution is 2.13. The van der Waals surface area contributed by atoms with Crippen molar-refractivity contribution in [2.24, 2.45) is 0 Å². The van der Waals surface area contributed by atoms with E-state index in [-0.39, 0.29) is 0 Å². The van der Waals surface area contributed by atoms with Crippen LogP contribution in [0.25, 0.3) is 0 Å². The SMILES string of the molecule is CC(C)c1ccc(CN2CCCN(C)CC2)cn1. The normalized spacial score (nSPS) is 19.1. The van der Waals surface area contributed by atoms with Crippen molar-refractivity contribution in [1.82, 2.24) is 14.8 Å². The summed E-state index contributed by atoms with van der Waals surface area (Å²) in [5.74, 6) is 0.519. The van der Waals surface area contributed by atoms with Crippen LogP contribution in [0.1, 0.15) is 37.4 Å². The van der Waals surface area contributed by atoms with Gasteiger partial charge < -0.3 is 4.90 Å². The lowest BCUT2D eigenvalue weighted by molar-refractivity contribution is 0.269. The third-order valence-electron chi connectivity index (χ3n) is 3.66. The van der Waals surface area contributed by atoms with Gasteiger partial charge in [0, 0.05) is 31.5 Å². The van der Waals surface area contributed by atoms with Crippen molar-refractivity contribution < 1.29 is 0 Å². The van der Waals surface area contributed by atoms with Crippen LogP contribution in [0.3, 0.4) is 0 Å². The van der Waals surface area contributed by atoms with E-state index >= 15 is 0 Å². The highest BCUT2D eigenvalue weighted by atomic mass is 15.2. The fourth-order valence-electron chi connectivity index (χ4n) is 2.39. The Morgan fingerprint density at radius 1 is 1.17 bits per heavy atom. The molecule has 3 nitrogen and oxygen atoms in total. The second-order valence-electron chi connectivity index (χ2n) is 5.68. The molecule has 1 aromatic heterocycles. The van der Waals surface area contributed by atoms with Crippen molar-refractivity contribution in [1.29, 1.82) is 0 Å². The van der Waals surface area contributed by atoms with Crippen LogP contribution in [0.2, 0.25) is 0 Å². The van der Waals surface area contributed by atoms with E-state index in [0.29, 0.717) is 5.92 Å². The van der Waals surface area contributed by atoms with E-state index < -0.39 is 0 Å². The summed E-state index contributed by atoms with van der Waals surface area (Å²) in [4.78, 5) is 9.50. The Balaban J connectivity index is 1.92. The fraction of sp³-hybridized carbons (Fsp3) is 0.667. The molecule has 1 aromatic rings. The number of rotatable bonds is 3. The molecule has 0 saturated carbocycles. The smallest absolute Gasteiger partial charge is 0.0429 e. The summed E-state index contributed by atoms with van der Waals surface area (Å²) in [5, 5.41) is 0. The molecule has 100 valence electrons. The van der Waals surface area contributed by atoms with Gasteiger partial charge in [-0.05, 0) is 44.1 Å². The number of hydrogen-bond acceptors (Lipinski definition) is 3. The number of aromatic nitrogens is 1. The fourth-order valence-corrected chi connectivity index (χ4v) is 2.39. The van der Waals surface area contributed by atoms with Gasteiger partial charge in [-0.2, -0.15) is 0 Å². The minimum Gasteiger partial charge on any atom is -0.305 e. The molecule has 0 radical (unpaired) electrons. The molecule has 0 N–H and O–H groups in total. The van der Waals surface area contributed by atoms with E-state index in [2.05, 4.69) is 47.8 Å². The summed E-state index contributed by atoms with van der Waals surface area (Å²) >= 11 is 0. The zero-order valence-corrected chi connectivity index (χ0v) is 11.9. The monoisotopic (exact) mass is 247 g/mol. The lowest BCUT2D eigenvalue weighted by atomic mass is 10.1. The topological polar surface area (TPSA) is 19.4 Å². The Kier molecular flexibility index (Phi) is 4.72.